The van der Waals surface area contributed by atoms with Crippen LogP contribution in [0.2, 0.25) is 0 Å². The predicted octanol–water partition coefficient (Wildman–Crippen LogP) is 3.66. The summed E-state index contributed by atoms with van der Waals surface area (Å²) in [5, 5.41) is 0. The Morgan fingerprint density at radius 3 is 2.76 bits per heavy atom. The molecular formula is C13H14Br2O2. The number of benzene rings is 1. The number of aldehydes is 1. The Bertz CT molecular complexity index is 443. The second-order valence-corrected chi connectivity index (χ2v) is 8.15. The summed E-state index contributed by atoms with van der Waals surface area (Å²) in [7, 11) is 1.66. The molecule has 1 aliphatic carbocycles. The van der Waals surface area contributed by atoms with Gasteiger partial charge in [0.05, 0.1) is 16.3 Å². The largest absolute Gasteiger partial charge is 0.497 e. The van der Waals surface area contributed by atoms with Gasteiger partial charge in [-0.25, -0.2) is 0 Å². The lowest BCUT2D eigenvalue weighted by Crippen LogP contribution is -2.37. The van der Waals surface area contributed by atoms with Crippen LogP contribution in [0.25, 0.3) is 0 Å². The van der Waals surface area contributed by atoms with Crippen LogP contribution < -0.4 is 4.74 Å². The van der Waals surface area contributed by atoms with E-state index in [9.17, 15) is 4.79 Å². The summed E-state index contributed by atoms with van der Waals surface area (Å²) in [4.78, 5) is 11.3. The molecule has 0 aromatic heterocycles. The first-order valence-electron chi connectivity index (χ1n) is 5.50. The van der Waals surface area contributed by atoms with Crippen molar-refractivity contribution in [2.75, 3.05) is 7.11 Å². The Morgan fingerprint density at radius 2 is 2.18 bits per heavy atom. The standard InChI is InChI=1S/C13H14Br2O2/c1-8-5-9-6-10(17-2)3-4-11(9)12(7-16)13(8,14)15/h3-4,6-8,12H,5H2,1-2H3. The molecule has 0 aliphatic heterocycles. The summed E-state index contributed by atoms with van der Waals surface area (Å²) in [6.45, 7) is 2.13. The number of hydrogen-bond acceptors (Lipinski definition) is 2. The normalized spacial score (nSPS) is 26.1. The summed E-state index contributed by atoms with van der Waals surface area (Å²) < 4.78 is 4.88. The fourth-order valence-electron chi connectivity index (χ4n) is 2.33. The smallest absolute Gasteiger partial charge is 0.129 e. The molecule has 2 rings (SSSR count). The van der Waals surface area contributed by atoms with Crippen LogP contribution in [0.5, 0.6) is 5.75 Å². The van der Waals surface area contributed by atoms with Gasteiger partial charge in [0.15, 0.2) is 0 Å². The Hall–Kier alpha value is -0.350. The van der Waals surface area contributed by atoms with Gasteiger partial charge in [0.1, 0.15) is 12.0 Å². The molecule has 2 nitrogen and oxygen atoms in total. The molecule has 0 spiro atoms. The number of carbonyl (C=O) groups is 1. The molecule has 0 saturated carbocycles. The van der Waals surface area contributed by atoms with Gasteiger partial charge < -0.3 is 9.53 Å². The van der Waals surface area contributed by atoms with Crippen LogP contribution >= 0.6 is 31.9 Å². The molecule has 2 atom stereocenters. The Balaban J connectivity index is 2.52. The van der Waals surface area contributed by atoms with Crippen molar-refractivity contribution < 1.29 is 9.53 Å². The number of fused-ring (bicyclic) bond motifs is 1. The van der Waals surface area contributed by atoms with Gasteiger partial charge in [-0.2, -0.15) is 0 Å². The minimum atomic E-state index is -0.344. The van der Waals surface area contributed by atoms with Crippen LogP contribution in [0.15, 0.2) is 18.2 Å². The highest BCUT2D eigenvalue weighted by Crippen LogP contribution is 2.51. The van der Waals surface area contributed by atoms with Crippen molar-refractivity contribution in [2.45, 2.75) is 22.5 Å². The number of ether oxygens (including phenoxy) is 1. The van der Waals surface area contributed by atoms with E-state index in [-0.39, 0.29) is 9.15 Å². The lowest BCUT2D eigenvalue weighted by molar-refractivity contribution is -0.109. The third kappa shape index (κ3) is 2.17. The van der Waals surface area contributed by atoms with Gasteiger partial charge in [-0.1, -0.05) is 44.8 Å². The number of carbonyl (C=O) groups excluding carboxylic acids is 1. The van der Waals surface area contributed by atoms with E-state index in [1.807, 2.05) is 18.2 Å². The molecule has 92 valence electrons. The fraction of sp³-hybridized carbons (Fsp3) is 0.462. The molecule has 17 heavy (non-hydrogen) atoms. The molecule has 0 amide bonds. The van der Waals surface area contributed by atoms with E-state index >= 15 is 0 Å². The minimum absolute atomic E-state index is 0.174. The van der Waals surface area contributed by atoms with E-state index in [2.05, 4.69) is 38.8 Å². The number of alkyl halides is 2. The number of rotatable bonds is 2. The van der Waals surface area contributed by atoms with Crippen LogP contribution in [0.1, 0.15) is 24.0 Å². The maximum Gasteiger partial charge on any atom is 0.129 e. The molecule has 0 fully saturated rings. The van der Waals surface area contributed by atoms with Crippen LogP contribution in [0, 0.1) is 5.92 Å². The average molecular weight is 362 g/mol. The Labute approximate surface area is 118 Å². The van der Waals surface area contributed by atoms with Gasteiger partial charge >= 0.3 is 0 Å². The van der Waals surface area contributed by atoms with Gasteiger partial charge in [0.2, 0.25) is 0 Å². The molecule has 1 aromatic carbocycles. The van der Waals surface area contributed by atoms with Gasteiger partial charge in [-0.3, -0.25) is 0 Å². The number of methoxy groups -OCH3 is 1. The first-order chi connectivity index (χ1) is 8.00. The van der Waals surface area contributed by atoms with Gasteiger partial charge in [-0.15, -0.1) is 0 Å². The van der Waals surface area contributed by atoms with Crippen LogP contribution in [0.4, 0.5) is 0 Å². The minimum Gasteiger partial charge on any atom is -0.497 e. The topological polar surface area (TPSA) is 26.3 Å². The summed E-state index contributed by atoms with van der Waals surface area (Å²) in [5.74, 6) is 1.00. The van der Waals surface area contributed by atoms with Crippen LogP contribution in [0.3, 0.4) is 0 Å². The first kappa shape index (κ1) is 13.1. The molecular weight excluding hydrogens is 348 g/mol. The van der Waals surface area contributed by atoms with Gasteiger partial charge in [0.25, 0.3) is 0 Å². The fourth-order valence-corrected chi connectivity index (χ4v) is 3.37. The molecule has 0 N–H and O–H groups in total. The van der Waals surface area contributed by atoms with Crippen molar-refractivity contribution in [3.05, 3.63) is 29.3 Å². The molecule has 1 aliphatic rings. The summed E-state index contributed by atoms with van der Waals surface area (Å²) >= 11 is 7.29. The molecule has 0 bridgehead atoms. The highest BCUT2D eigenvalue weighted by molar-refractivity contribution is 9.25. The second-order valence-electron chi connectivity index (χ2n) is 4.46. The quantitative estimate of drug-likeness (QED) is 0.593. The van der Waals surface area contributed by atoms with E-state index < -0.39 is 0 Å². The molecule has 0 saturated heterocycles. The van der Waals surface area contributed by atoms with Crippen molar-refractivity contribution in [1.82, 2.24) is 0 Å². The monoisotopic (exact) mass is 360 g/mol. The third-order valence-corrected chi connectivity index (χ3v) is 5.97. The van der Waals surface area contributed by atoms with Crippen molar-refractivity contribution in [3.63, 3.8) is 0 Å². The highest BCUT2D eigenvalue weighted by atomic mass is 79.9. The third-order valence-electron chi connectivity index (χ3n) is 3.42. The van der Waals surface area contributed by atoms with E-state index in [0.29, 0.717) is 5.92 Å². The van der Waals surface area contributed by atoms with Crippen LogP contribution in [-0.4, -0.2) is 16.6 Å². The molecule has 1 aromatic rings. The first-order valence-corrected chi connectivity index (χ1v) is 7.09. The molecule has 0 radical (unpaired) electrons. The second kappa shape index (κ2) is 4.73. The number of hydrogen-bond donors (Lipinski definition) is 0. The Morgan fingerprint density at radius 1 is 1.47 bits per heavy atom. The summed E-state index contributed by atoms with van der Waals surface area (Å²) in [6.07, 6.45) is 1.93. The average Bonchev–Trinajstić information content (AvgIpc) is 2.30. The maximum atomic E-state index is 11.3. The highest BCUT2D eigenvalue weighted by Gasteiger charge is 2.44. The Kier molecular flexibility index (Phi) is 3.64. The molecule has 0 heterocycles. The van der Waals surface area contributed by atoms with E-state index in [4.69, 9.17) is 4.74 Å². The SMILES string of the molecule is COc1ccc2c(c1)CC(C)C(Br)(Br)C2C=O. The summed E-state index contributed by atoms with van der Waals surface area (Å²) in [5.41, 5.74) is 2.27. The van der Waals surface area contributed by atoms with E-state index in [1.54, 1.807) is 7.11 Å². The van der Waals surface area contributed by atoms with E-state index in [1.165, 1.54) is 5.56 Å². The van der Waals surface area contributed by atoms with Crippen LogP contribution in [-0.2, 0) is 11.2 Å². The maximum absolute atomic E-state index is 11.3. The molecule has 4 heteroatoms. The van der Waals surface area contributed by atoms with Crippen molar-refractivity contribution in [3.8, 4) is 5.75 Å². The summed E-state index contributed by atoms with van der Waals surface area (Å²) in [6, 6.07) is 5.91. The zero-order chi connectivity index (χ0) is 12.6. The van der Waals surface area contributed by atoms with Gasteiger partial charge in [-0.05, 0) is 35.6 Å². The lowest BCUT2D eigenvalue weighted by Gasteiger charge is -2.39. The van der Waals surface area contributed by atoms with Crippen molar-refractivity contribution in [1.29, 1.82) is 0 Å². The molecule has 2 unspecified atom stereocenters. The van der Waals surface area contributed by atoms with Crippen molar-refractivity contribution >= 4 is 38.1 Å². The van der Waals surface area contributed by atoms with Gasteiger partial charge in [0, 0.05) is 0 Å². The zero-order valence-corrected chi connectivity index (χ0v) is 12.9. The van der Waals surface area contributed by atoms with Crippen molar-refractivity contribution in [2.24, 2.45) is 5.92 Å². The lowest BCUT2D eigenvalue weighted by atomic mass is 9.78. The zero-order valence-electron chi connectivity index (χ0n) is 9.74. The predicted molar refractivity (Wildman–Crippen MR) is 75.3 cm³/mol. The van der Waals surface area contributed by atoms with E-state index in [0.717, 1.165) is 24.0 Å². The number of halogens is 2.